The van der Waals surface area contributed by atoms with Crippen LogP contribution in [0.4, 0.5) is 16.2 Å². The Morgan fingerprint density at radius 1 is 1.09 bits per heavy atom. The average Bonchev–Trinajstić information content (AvgIpc) is 2.43. The lowest BCUT2D eigenvalue weighted by molar-refractivity contribution is 0.0636. The molecule has 0 aliphatic heterocycles. The highest BCUT2D eigenvalue weighted by molar-refractivity contribution is 5.92. The molecule has 2 aromatic rings. The first-order chi connectivity index (χ1) is 10.3. The van der Waals surface area contributed by atoms with Crippen molar-refractivity contribution < 1.29 is 14.4 Å². The zero-order valence-corrected chi connectivity index (χ0v) is 13.6. The zero-order valence-electron chi connectivity index (χ0n) is 13.6. The highest BCUT2D eigenvalue weighted by atomic mass is 16.7. The van der Waals surface area contributed by atoms with Crippen LogP contribution in [0.3, 0.4) is 0 Å². The first kappa shape index (κ1) is 16.1. The van der Waals surface area contributed by atoms with Gasteiger partial charge in [-0.1, -0.05) is 12.1 Å². The highest BCUT2D eigenvalue weighted by Gasteiger charge is 2.16. The number of carbonyl (C=O) groups is 1. The minimum Gasteiger partial charge on any atom is -0.444 e. The molecule has 1 amide bonds. The summed E-state index contributed by atoms with van der Waals surface area (Å²) in [6.45, 7) is 5.50. The highest BCUT2D eigenvalue weighted by Crippen LogP contribution is 2.24. The number of benzene rings is 2. The molecule has 0 unspecified atom stereocenters. The van der Waals surface area contributed by atoms with Crippen molar-refractivity contribution in [2.75, 3.05) is 24.5 Å². The average molecular weight is 302 g/mol. The number of rotatable bonds is 3. The fourth-order valence-electron chi connectivity index (χ4n) is 2.03. The maximum atomic E-state index is 11.8. The van der Waals surface area contributed by atoms with Crippen LogP contribution in [-0.4, -0.2) is 25.9 Å². The molecule has 5 heteroatoms. The number of anilines is 2. The van der Waals surface area contributed by atoms with Gasteiger partial charge >= 0.3 is 6.09 Å². The van der Waals surface area contributed by atoms with Crippen molar-refractivity contribution in [2.45, 2.75) is 26.4 Å². The van der Waals surface area contributed by atoms with Gasteiger partial charge in [0.15, 0.2) is 0 Å². The van der Waals surface area contributed by atoms with Gasteiger partial charge < -0.3 is 4.74 Å². The summed E-state index contributed by atoms with van der Waals surface area (Å²) in [7, 11) is 3.47. The summed E-state index contributed by atoms with van der Waals surface area (Å²) in [4.78, 5) is 17.0. The van der Waals surface area contributed by atoms with Crippen molar-refractivity contribution in [3.63, 3.8) is 0 Å². The number of nitrogens with one attached hydrogen (secondary N) is 1. The molecule has 0 aliphatic carbocycles. The Bertz CT molecular complexity index is 677. The van der Waals surface area contributed by atoms with Crippen molar-refractivity contribution in [2.24, 2.45) is 0 Å². The zero-order chi connectivity index (χ0) is 16.3. The lowest BCUT2D eigenvalue weighted by Crippen LogP contribution is -2.27. The molecule has 2 aromatic carbocycles. The molecule has 0 aliphatic rings. The van der Waals surface area contributed by atoms with Crippen molar-refractivity contribution in [3.8, 4) is 0 Å². The van der Waals surface area contributed by atoms with Crippen LogP contribution < -0.4 is 10.4 Å². The lowest BCUT2D eigenvalue weighted by Gasteiger charge is -2.20. The van der Waals surface area contributed by atoms with E-state index in [1.165, 1.54) is 0 Å². The third kappa shape index (κ3) is 4.11. The molecule has 0 radical (unpaired) electrons. The van der Waals surface area contributed by atoms with Crippen LogP contribution in [-0.2, 0) is 9.57 Å². The van der Waals surface area contributed by atoms with Crippen LogP contribution in [0.5, 0.6) is 0 Å². The predicted octanol–water partition coefficient (Wildman–Crippen LogP) is 4.18. The van der Waals surface area contributed by atoms with E-state index < -0.39 is 11.7 Å². The maximum absolute atomic E-state index is 11.8. The molecule has 2 rings (SSSR count). The van der Waals surface area contributed by atoms with Crippen LogP contribution in [0.25, 0.3) is 10.8 Å². The first-order valence-electron chi connectivity index (χ1n) is 7.10. The number of amides is 1. The van der Waals surface area contributed by atoms with Crippen LogP contribution in [0, 0.1) is 0 Å². The molecule has 0 fully saturated rings. The second-order valence-electron chi connectivity index (χ2n) is 6.05. The Balaban J connectivity index is 2.19. The van der Waals surface area contributed by atoms with Crippen molar-refractivity contribution in [3.05, 3.63) is 36.4 Å². The van der Waals surface area contributed by atoms with Gasteiger partial charge in [-0.3, -0.25) is 15.2 Å². The van der Waals surface area contributed by atoms with E-state index in [0.717, 1.165) is 16.5 Å². The van der Waals surface area contributed by atoms with E-state index >= 15 is 0 Å². The second kappa shape index (κ2) is 6.23. The molecule has 0 heterocycles. The Hall–Kier alpha value is -2.27. The molecule has 118 valence electrons. The van der Waals surface area contributed by atoms with Crippen LogP contribution in [0.15, 0.2) is 36.4 Å². The molecular formula is C17H22N2O3. The van der Waals surface area contributed by atoms with E-state index in [-0.39, 0.29) is 0 Å². The molecule has 0 aromatic heterocycles. The largest absolute Gasteiger partial charge is 0.444 e. The van der Waals surface area contributed by atoms with Crippen LogP contribution in [0.1, 0.15) is 20.8 Å². The Morgan fingerprint density at radius 3 is 2.36 bits per heavy atom. The third-order valence-corrected chi connectivity index (χ3v) is 3.11. The second-order valence-corrected chi connectivity index (χ2v) is 6.05. The van der Waals surface area contributed by atoms with E-state index in [1.807, 2.05) is 64.2 Å². The molecule has 22 heavy (non-hydrogen) atoms. The van der Waals surface area contributed by atoms with Crippen LogP contribution >= 0.6 is 0 Å². The SMILES string of the molecule is CON(C)c1ccc2cc(NC(=O)OC(C)(C)C)ccc2c1. The summed E-state index contributed by atoms with van der Waals surface area (Å²) in [5.41, 5.74) is 1.15. The van der Waals surface area contributed by atoms with Gasteiger partial charge in [0.25, 0.3) is 0 Å². The topological polar surface area (TPSA) is 50.8 Å². The molecule has 0 saturated carbocycles. The van der Waals surface area contributed by atoms with Crippen molar-refractivity contribution >= 4 is 28.2 Å². The summed E-state index contributed by atoms with van der Waals surface area (Å²) in [6, 6.07) is 11.7. The summed E-state index contributed by atoms with van der Waals surface area (Å²) in [5.74, 6) is 0. The fourth-order valence-corrected chi connectivity index (χ4v) is 2.03. The van der Waals surface area contributed by atoms with E-state index in [1.54, 1.807) is 12.2 Å². The maximum Gasteiger partial charge on any atom is 0.412 e. The summed E-state index contributed by atoms with van der Waals surface area (Å²) < 4.78 is 5.25. The molecular weight excluding hydrogens is 280 g/mol. The van der Waals surface area contributed by atoms with Gasteiger partial charge in [-0.2, -0.15) is 0 Å². The van der Waals surface area contributed by atoms with Crippen molar-refractivity contribution in [1.82, 2.24) is 0 Å². The van der Waals surface area contributed by atoms with Gasteiger partial charge in [0.05, 0.1) is 12.8 Å². The Morgan fingerprint density at radius 2 is 1.73 bits per heavy atom. The van der Waals surface area contributed by atoms with E-state index in [2.05, 4.69) is 5.32 Å². The van der Waals surface area contributed by atoms with Gasteiger partial charge in [0.1, 0.15) is 5.60 Å². The third-order valence-electron chi connectivity index (χ3n) is 3.11. The van der Waals surface area contributed by atoms with Gasteiger partial charge in [-0.15, -0.1) is 0 Å². The monoisotopic (exact) mass is 302 g/mol. The Kier molecular flexibility index (Phi) is 4.56. The summed E-state index contributed by atoms with van der Waals surface area (Å²) in [6.07, 6.45) is -0.456. The summed E-state index contributed by atoms with van der Waals surface area (Å²) in [5, 5.41) is 6.53. The number of carbonyl (C=O) groups excluding carboxylic acids is 1. The number of fused-ring (bicyclic) bond motifs is 1. The number of ether oxygens (including phenoxy) is 1. The quantitative estimate of drug-likeness (QED) is 0.864. The van der Waals surface area contributed by atoms with Gasteiger partial charge in [0, 0.05) is 12.7 Å². The van der Waals surface area contributed by atoms with E-state index in [4.69, 9.17) is 9.57 Å². The predicted molar refractivity (Wildman–Crippen MR) is 89.2 cm³/mol. The molecule has 1 N–H and O–H groups in total. The van der Waals surface area contributed by atoms with Gasteiger partial charge in [-0.25, -0.2) is 4.79 Å². The molecule has 0 spiro atoms. The van der Waals surface area contributed by atoms with Crippen molar-refractivity contribution in [1.29, 1.82) is 0 Å². The van der Waals surface area contributed by atoms with E-state index in [9.17, 15) is 4.79 Å². The molecule has 5 nitrogen and oxygen atoms in total. The number of nitrogens with zero attached hydrogens (tertiary/aromatic N) is 1. The lowest BCUT2D eigenvalue weighted by atomic mass is 10.1. The van der Waals surface area contributed by atoms with E-state index in [0.29, 0.717) is 5.69 Å². The minimum absolute atomic E-state index is 0.456. The van der Waals surface area contributed by atoms with Crippen LogP contribution in [0.2, 0.25) is 0 Å². The van der Waals surface area contributed by atoms with Gasteiger partial charge in [0.2, 0.25) is 0 Å². The first-order valence-corrected chi connectivity index (χ1v) is 7.10. The number of hydrogen-bond donors (Lipinski definition) is 1. The normalized spacial score (nSPS) is 11.3. The molecule has 0 bridgehead atoms. The Labute approximate surface area is 130 Å². The summed E-state index contributed by atoms with van der Waals surface area (Å²) >= 11 is 0. The van der Waals surface area contributed by atoms with Gasteiger partial charge in [-0.05, 0) is 55.8 Å². The molecule has 0 atom stereocenters. The fraction of sp³-hybridized carbons (Fsp3) is 0.353. The molecule has 0 saturated heterocycles. The number of hydrogen-bond acceptors (Lipinski definition) is 4. The number of hydroxylamine groups is 1. The minimum atomic E-state index is -0.513. The standard InChI is InChI=1S/C17H22N2O3/c1-17(2,3)22-16(20)18-14-8-6-13-11-15(19(4)21-5)9-7-12(13)10-14/h6-11H,1-5H3,(H,18,20). The smallest absolute Gasteiger partial charge is 0.412 e.